The van der Waals surface area contributed by atoms with E-state index in [0.29, 0.717) is 0 Å². The minimum absolute atomic E-state index is 0.0444. The standard InChI is InChI=1S/C73H58N4/c1-3-26-53(4-2)74(54-27-12-5-13-28-54)61-41-45-65-66-46-42-62(75(55-29-14-6-15-30-55)56-31-16-7-17-32-56)50-70(66)73(69(65)49-61)71-51-63(76(57-33-18-8-19-34-57)58-35-20-9-21-36-58)43-47-67(71)68-48-44-64(52-72(68)73)77(59-37-22-10-23-38-59)60-39-24-11-25-40-60/h3-52,67,71H,1-2H3/b26-3-,53-4+. The molecule has 0 amide bonds. The van der Waals surface area contributed by atoms with E-state index in [1.54, 1.807) is 0 Å². The van der Waals surface area contributed by atoms with Gasteiger partial charge in [0.25, 0.3) is 0 Å². The van der Waals surface area contributed by atoms with Crippen LogP contribution in [0.15, 0.2) is 315 Å². The van der Waals surface area contributed by atoms with Crippen molar-refractivity contribution in [2.45, 2.75) is 25.2 Å². The first kappa shape index (κ1) is 47.1. The number of hydrogen-bond acceptors (Lipinski definition) is 4. The van der Waals surface area contributed by atoms with Gasteiger partial charge >= 0.3 is 0 Å². The normalized spacial score (nSPS) is 16.8. The van der Waals surface area contributed by atoms with E-state index in [-0.39, 0.29) is 11.8 Å². The summed E-state index contributed by atoms with van der Waals surface area (Å²) in [5, 5.41) is 0. The van der Waals surface area contributed by atoms with Gasteiger partial charge in [0.05, 0.1) is 5.41 Å². The van der Waals surface area contributed by atoms with Crippen LogP contribution in [-0.4, -0.2) is 0 Å². The van der Waals surface area contributed by atoms with Crippen molar-refractivity contribution in [2.75, 3.05) is 19.6 Å². The van der Waals surface area contributed by atoms with Crippen LogP contribution in [0.2, 0.25) is 0 Å². The number of anilines is 10. The van der Waals surface area contributed by atoms with Crippen molar-refractivity contribution in [1.29, 1.82) is 0 Å². The minimum Gasteiger partial charge on any atom is -0.311 e. The van der Waals surface area contributed by atoms with Crippen LogP contribution >= 0.6 is 0 Å². The molecule has 0 bridgehead atoms. The summed E-state index contributed by atoms with van der Waals surface area (Å²) in [4.78, 5) is 9.69. The first-order valence-corrected chi connectivity index (χ1v) is 26.8. The molecule has 0 fully saturated rings. The Morgan fingerprint density at radius 3 is 1.18 bits per heavy atom. The van der Waals surface area contributed by atoms with Gasteiger partial charge in [-0.3, -0.25) is 0 Å². The summed E-state index contributed by atoms with van der Waals surface area (Å²) in [6.45, 7) is 4.24. The van der Waals surface area contributed by atoms with Gasteiger partial charge in [0.1, 0.15) is 0 Å². The third-order valence-corrected chi connectivity index (χ3v) is 15.7. The van der Waals surface area contributed by atoms with Crippen LogP contribution in [0.1, 0.15) is 42.0 Å². The summed E-state index contributed by atoms with van der Waals surface area (Å²) in [6.07, 6.45) is 14.1. The monoisotopic (exact) mass is 990 g/mol. The number of benzene rings is 10. The molecule has 0 radical (unpaired) electrons. The Hall–Kier alpha value is -9.64. The van der Waals surface area contributed by atoms with Gasteiger partial charge in [-0.1, -0.05) is 170 Å². The quantitative estimate of drug-likeness (QED) is 0.107. The number of fused-ring (bicyclic) bond motifs is 10. The highest BCUT2D eigenvalue weighted by Gasteiger charge is 2.58. The SMILES string of the molecule is C/C=C\C(=C/C)N(c1ccccc1)c1ccc2c(c1)C1(c3cc(N(c4ccccc4)c4ccccc4)ccc3-2)c2cc(N(c3ccccc3)c3ccccc3)ccc2C2C=CC(N(c3ccccc3)c3ccccc3)=CC21. The molecule has 77 heavy (non-hydrogen) atoms. The maximum Gasteiger partial charge on any atom is 0.0540 e. The molecule has 0 N–H and O–H groups in total. The average molecular weight is 991 g/mol. The van der Waals surface area contributed by atoms with E-state index in [1.165, 1.54) is 33.4 Å². The van der Waals surface area contributed by atoms with Crippen molar-refractivity contribution in [3.63, 3.8) is 0 Å². The fourth-order valence-corrected chi connectivity index (χ4v) is 12.6. The van der Waals surface area contributed by atoms with E-state index in [1.807, 2.05) is 0 Å². The Balaban J connectivity index is 1.14. The van der Waals surface area contributed by atoms with Gasteiger partial charge in [-0.05, 0) is 181 Å². The zero-order valence-electron chi connectivity index (χ0n) is 43.3. The lowest BCUT2D eigenvalue weighted by atomic mass is 9.65. The molecule has 3 atom stereocenters. The molecule has 3 unspecified atom stereocenters. The minimum atomic E-state index is -0.696. The number of hydrogen-bond donors (Lipinski definition) is 0. The molecule has 10 aromatic carbocycles. The largest absolute Gasteiger partial charge is 0.311 e. The van der Waals surface area contributed by atoms with Crippen molar-refractivity contribution < 1.29 is 0 Å². The second kappa shape index (κ2) is 20.2. The molecule has 0 heterocycles. The highest BCUT2D eigenvalue weighted by atomic mass is 15.2. The Morgan fingerprint density at radius 1 is 0.377 bits per heavy atom. The fraction of sp³-hybridized carbons (Fsp3) is 0.0685. The Bertz CT molecular complexity index is 3720. The van der Waals surface area contributed by atoms with Crippen LogP contribution in [0.5, 0.6) is 0 Å². The Morgan fingerprint density at radius 2 is 0.753 bits per heavy atom. The summed E-state index contributed by atoms with van der Waals surface area (Å²) >= 11 is 0. The molecule has 13 rings (SSSR count). The molecule has 0 saturated carbocycles. The maximum absolute atomic E-state index is 2.62. The van der Waals surface area contributed by atoms with Crippen LogP contribution in [0.4, 0.5) is 56.9 Å². The Labute approximate surface area is 453 Å². The number of para-hydroxylation sites is 7. The second-order valence-corrected chi connectivity index (χ2v) is 19.9. The molecule has 1 spiro atoms. The molecule has 0 aromatic heterocycles. The van der Waals surface area contributed by atoms with Gasteiger partial charge in [-0.25, -0.2) is 0 Å². The predicted molar refractivity (Wildman–Crippen MR) is 323 cm³/mol. The van der Waals surface area contributed by atoms with Gasteiger partial charge in [0.2, 0.25) is 0 Å². The van der Waals surface area contributed by atoms with E-state index >= 15 is 0 Å². The van der Waals surface area contributed by atoms with Crippen molar-refractivity contribution in [3.05, 3.63) is 337 Å². The zero-order valence-corrected chi connectivity index (χ0v) is 43.3. The maximum atomic E-state index is 2.62. The molecule has 3 aliphatic rings. The lowest BCUT2D eigenvalue weighted by Gasteiger charge is -2.39. The van der Waals surface area contributed by atoms with Crippen molar-refractivity contribution in [3.8, 4) is 11.1 Å². The zero-order chi connectivity index (χ0) is 51.7. The fourth-order valence-electron chi connectivity index (χ4n) is 12.6. The first-order valence-electron chi connectivity index (χ1n) is 26.8. The van der Waals surface area contributed by atoms with Crippen LogP contribution in [0.3, 0.4) is 0 Å². The van der Waals surface area contributed by atoms with Crippen molar-refractivity contribution >= 4 is 56.9 Å². The van der Waals surface area contributed by atoms with E-state index < -0.39 is 5.41 Å². The molecule has 0 aliphatic heterocycles. The van der Waals surface area contributed by atoms with E-state index in [2.05, 4.69) is 337 Å². The van der Waals surface area contributed by atoms with Crippen molar-refractivity contribution in [1.82, 2.24) is 0 Å². The van der Waals surface area contributed by atoms with Crippen LogP contribution in [0.25, 0.3) is 11.1 Å². The first-order chi connectivity index (χ1) is 38.1. The molecule has 370 valence electrons. The molecule has 4 nitrogen and oxygen atoms in total. The topological polar surface area (TPSA) is 13.0 Å². The van der Waals surface area contributed by atoms with Gasteiger partial charge in [0, 0.05) is 80.1 Å². The third-order valence-electron chi connectivity index (χ3n) is 15.7. The number of allylic oxidation sites excluding steroid dienone is 6. The average Bonchev–Trinajstić information content (AvgIpc) is 4.18. The van der Waals surface area contributed by atoms with Crippen LogP contribution in [0, 0.1) is 5.92 Å². The van der Waals surface area contributed by atoms with Gasteiger partial charge < -0.3 is 19.6 Å². The summed E-state index contributed by atoms with van der Waals surface area (Å²) < 4.78 is 0. The summed E-state index contributed by atoms with van der Waals surface area (Å²) in [5.41, 5.74) is 20.3. The molecule has 3 aliphatic carbocycles. The van der Waals surface area contributed by atoms with Gasteiger partial charge in [0.15, 0.2) is 0 Å². The number of nitrogens with zero attached hydrogens (tertiary/aromatic N) is 4. The molecule has 4 heteroatoms. The smallest absolute Gasteiger partial charge is 0.0540 e. The van der Waals surface area contributed by atoms with E-state index in [9.17, 15) is 0 Å². The third kappa shape index (κ3) is 8.18. The molecule has 10 aromatic rings. The molecular formula is C73H58N4. The molecule has 0 saturated heterocycles. The summed E-state index contributed by atoms with van der Waals surface area (Å²) in [5.74, 6) is -0.0122. The summed E-state index contributed by atoms with van der Waals surface area (Å²) in [6, 6.07) is 97.6. The van der Waals surface area contributed by atoms with Crippen LogP contribution < -0.4 is 19.6 Å². The number of rotatable bonds is 13. The van der Waals surface area contributed by atoms with E-state index in [4.69, 9.17) is 0 Å². The van der Waals surface area contributed by atoms with Gasteiger partial charge in [-0.2, -0.15) is 0 Å². The van der Waals surface area contributed by atoms with Crippen molar-refractivity contribution in [2.24, 2.45) is 5.92 Å². The predicted octanol–water partition coefficient (Wildman–Crippen LogP) is 19.6. The van der Waals surface area contributed by atoms with Crippen LogP contribution in [-0.2, 0) is 5.41 Å². The lowest BCUT2D eigenvalue weighted by Crippen LogP contribution is -2.35. The highest BCUT2D eigenvalue weighted by Crippen LogP contribution is 2.67. The van der Waals surface area contributed by atoms with Gasteiger partial charge in [-0.15, -0.1) is 0 Å². The summed E-state index contributed by atoms with van der Waals surface area (Å²) in [7, 11) is 0. The van der Waals surface area contributed by atoms with E-state index in [0.717, 1.165) is 68.3 Å². The lowest BCUT2D eigenvalue weighted by molar-refractivity contribution is 0.462. The Kier molecular flexibility index (Phi) is 12.4. The second-order valence-electron chi connectivity index (χ2n) is 19.9. The highest BCUT2D eigenvalue weighted by molar-refractivity contribution is 5.92. The molecular weight excluding hydrogens is 933 g/mol.